The van der Waals surface area contributed by atoms with Crippen molar-refractivity contribution in [2.24, 2.45) is 0 Å². The van der Waals surface area contributed by atoms with E-state index in [2.05, 4.69) is 10.4 Å². The Hall–Kier alpha value is -2.18. The number of aliphatic hydroxyl groups excluding tert-OH is 1. The lowest BCUT2D eigenvalue weighted by molar-refractivity contribution is -0.117. The summed E-state index contributed by atoms with van der Waals surface area (Å²) in [5, 5.41) is 17.0. The minimum absolute atomic E-state index is 0.0813. The maximum absolute atomic E-state index is 12.3. The molecule has 1 aromatic carbocycles. The molecule has 2 aromatic rings. The van der Waals surface area contributed by atoms with Crippen LogP contribution in [0.3, 0.4) is 0 Å². The van der Waals surface area contributed by atoms with E-state index in [0.29, 0.717) is 26.1 Å². The largest absolute Gasteiger partial charge is 0.394 e. The highest BCUT2D eigenvalue weighted by Gasteiger charge is 2.30. The number of benzene rings is 1. The third-order valence-electron chi connectivity index (χ3n) is 4.60. The summed E-state index contributed by atoms with van der Waals surface area (Å²) >= 11 is 0. The molecule has 1 aliphatic rings. The van der Waals surface area contributed by atoms with Crippen molar-refractivity contribution in [1.82, 2.24) is 15.1 Å². The molecular weight excluding hydrogens is 304 g/mol. The molecule has 3 rings (SSSR count). The van der Waals surface area contributed by atoms with Crippen molar-refractivity contribution >= 4 is 11.6 Å². The molecule has 0 saturated carbocycles. The lowest BCUT2D eigenvalue weighted by Gasteiger charge is -2.17. The topological polar surface area (TPSA) is 70.4 Å². The number of carbonyl (C=O) groups is 1. The predicted octanol–water partition coefficient (Wildman–Crippen LogP) is 1.39. The first-order valence-corrected chi connectivity index (χ1v) is 8.32. The third-order valence-corrected chi connectivity index (χ3v) is 4.60. The summed E-state index contributed by atoms with van der Waals surface area (Å²) in [5.74, 6) is 0.156. The van der Waals surface area contributed by atoms with Crippen LogP contribution in [-0.2, 0) is 17.9 Å². The van der Waals surface area contributed by atoms with Crippen LogP contribution in [0.1, 0.15) is 23.4 Å². The van der Waals surface area contributed by atoms with Gasteiger partial charge in [-0.15, -0.1) is 0 Å². The minimum Gasteiger partial charge on any atom is -0.394 e. The van der Waals surface area contributed by atoms with Gasteiger partial charge in [0, 0.05) is 42.5 Å². The first-order chi connectivity index (χ1) is 11.6. The van der Waals surface area contributed by atoms with E-state index < -0.39 is 0 Å². The first kappa shape index (κ1) is 16.7. The van der Waals surface area contributed by atoms with Crippen LogP contribution in [0, 0.1) is 13.8 Å². The Morgan fingerprint density at radius 1 is 1.29 bits per heavy atom. The predicted molar refractivity (Wildman–Crippen MR) is 92.8 cm³/mol. The van der Waals surface area contributed by atoms with Crippen LogP contribution in [0.25, 0.3) is 0 Å². The second kappa shape index (κ2) is 7.15. The van der Waals surface area contributed by atoms with Gasteiger partial charge in [0.2, 0.25) is 5.91 Å². The van der Waals surface area contributed by atoms with Crippen LogP contribution in [0.15, 0.2) is 30.3 Å². The molecule has 6 heteroatoms. The number of nitrogens with zero attached hydrogens (tertiary/aromatic N) is 3. The summed E-state index contributed by atoms with van der Waals surface area (Å²) in [7, 11) is 0. The van der Waals surface area contributed by atoms with Crippen LogP contribution in [-0.4, -0.2) is 40.0 Å². The standard InChI is InChI=1S/C18H24N4O2/c1-13-17(14(2)22(20-13)8-9-23)11-19-15-10-18(24)21(12-15)16-6-4-3-5-7-16/h3-7,15,19,23H,8-12H2,1-2H3. The van der Waals surface area contributed by atoms with E-state index >= 15 is 0 Å². The Morgan fingerprint density at radius 2 is 2.04 bits per heavy atom. The Labute approximate surface area is 142 Å². The summed E-state index contributed by atoms with van der Waals surface area (Å²) in [6.45, 7) is 5.96. The minimum atomic E-state index is 0.0813. The molecule has 0 radical (unpaired) electrons. The molecule has 1 aromatic heterocycles. The van der Waals surface area contributed by atoms with Crippen molar-refractivity contribution in [1.29, 1.82) is 0 Å². The fourth-order valence-corrected chi connectivity index (χ4v) is 3.25. The van der Waals surface area contributed by atoms with Gasteiger partial charge in [0.15, 0.2) is 0 Å². The van der Waals surface area contributed by atoms with Gasteiger partial charge in [0.25, 0.3) is 0 Å². The molecule has 0 spiro atoms. The number of carbonyl (C=O) groups excluding carboxylic acids is 1. The lowest BCUT2D eigenvalue weighted by Crippen LogP contribution is -2.32. The molecule has 0 aliphatic carbocycles. The van der Waals surface area contributed by atoms with Gasteiger partial charge in [-0.25, -0.2) is 0 Å². The van der Waals surface area contributed by atoms with Crippen molar-refractivity contribution in [3.05, 3.63) is 47.3 Å². The highest BCUT2D eigenvalue weighted by atomic mass is 16.3. The van der Waals surface area contributed by atoms with Gasteiger partial charge >= 0.3 is 0 Å². The Morgan fingerprint density at radius 3 is 2.75 bits per heavy atom. The average molecular weight is 328 g/mol. The quantitative estimate of drug-likeness (QED) is 0.841. The van der Waals surface area contributed by atoms with E-state index in [4.69, 9.17) is 5.11 Å². The fourth-order valence-electron chi connectivity index (χ4n) is 3.25. The number of para-hydroxylation sites is 1. The normalized spacial score (nSPS) is 17.7. The lowest BCUT2D eigenvalue weighted by atomic mass is 10.1. The summed E-state index contributed by atoms with van der Waals surface area (Å²) in [6, 6.07) is 9.92. The van der Waals surface area contributed by atoms with Gasteiger partial charge in [-0.1, -0.05) is 18.2 Å². The highest BCUT2D eigenvalue weighted by molar-refractivity contribution is 5.96. The molecule has 1 aliphatic heterocycles. The number of rotatable bonds is 6. The first-order valence-electron chi connectivity index (χ1n) is 8.32. The summed E-state index contributed by atoms with van der Waals surface area (Å²) < 4.78 is 1.84. The number of aryl methyl sites for hydroxylation is 1. The van der Waals surface area contributed by atoms with Gasteiger partial charge in [-0.3, -0.25) is 9.48 Å². The molecule has 24 heavy (non-hydrogen) atoms. The van der Waals surface area contributed by atoms with E-state index in [-0.39, 0.29) is 18.6 Å². The zero-order valence-electron chi connectivity index (χ0n) is 14.2. The van der Waals surface area contributed by atoms with Gasteiger partial charge < -0.3 is 15.3 Å². The van der Waals surface area contributed by atoms with E-state index in [1.807, 2.05) is 53.8 Å². The van der Waals surface area contributed by atoms with Crippen molar-refractivity contribution in [3.63, 3.8) is 0 Å². The van der Waals surface area contributed by atoms with Crippen LogP contribution >= 0.6 is 0 Å². The number of amides is 1. The number of anilines is 1. The molecule has 1 unspecified atom stereocenters. The maximum Gasteiger partial charge on any atom is 0.228 e. The van der Waals surface area contributed by atoms with Crippen LogP contribution in [0.5, 0.6) is 0 Å². The number of hydrogen-bond acceptors (Lipinski definition) is 4. The molecule has 1 atom stereocenters. The Balaban J connectivity index is 1.63. The molecule has 128 valence electrons. The van der Waals surface area contributed by atoms with E-state index in [9.17, 15) is 4.79 Å². The zero-order chi connectivity index (χ0) is 17.1. The molecule has 1 amide bonds. The zero-order valence-corrected chi connectivity index (χ0v) is 14.2. The number of hydrogen-bond donors (Lipinski definition) is 2. The summed E-state index contributed by atoms with van der Waals surface area (Å²) in [5.41, 5.74) is 4.14. The monoisotopic (exact) mass is 328 g/mol. The fraction of sp³-hybridized carbons (Fsp3) is 0.444. The number of nitrogens with one attached hydrogen (secondary N) is 1. The third kappa shape index (κ3) is 3.34. The second-order valence-electron chi connectivity index (χ2n) is 6.22. The van der Waals surface area contributed by atoms with E-state index in [0.717, 1.165) is 22.6 Å². The van der Waals surface area contributed by atoms with Crippen LogP contribution in [0.4, 0.5) is 5.69 Å². The molecular formula is C18H24N4O2. The maximum atomic E-state index is 12.3. The second-order valence-corrected chi connectivity index (χ2v) is 6.22. The van der Waals surface area contributed by atoms with Gasteiger partial charge in [-0.2, -0.15) is 5.10 Å². The van der Waals surface area contributed by atoms with Crippen molar-refractivity contribution in [3.8, 4) is 0 Å². The van der Waals surface area contributed by atoms with E-state index in [1.165, 1.54) is 0 Å². The molecule has 6 nitrogen and oxygen atoms in total. The molecule has 1 fully saturated rings. The number of aliphatic hydroxyl groups is 1. The van der Waals surface area contributed by atoms with E-state index in [1.54, 1.807) is 0 Å². The van der Waals surface area contributed by atoms with Gasteiger partial charge in [-0.05, 0) is 26.0 Å². The SMILES string of the molecule is Cc1nn(CCO)c(C)c1CNC1CC(=O)N(c2ccccc2)C1. The Bertz CT molecular complexity index is 711. The van der Waals surface area contributed by atoms with Crippen molar-refractivity contribution in [2.75, 3.05) is 18.1 Å². The van der Waals surface area contributed by atoms with Gasteiger partial charge in [0.1, 0.15) is 0 Å². The molecule has 0 bridgehead atoms. The molecule has 2 N–H and O–H groups in total. The van der Waals surface area contributed by atoms with Gasteiger partial charge in [0.05, 0.1) is 18.8 Å². The summed E-state index contributed by atoms with van der Waals surface area (Å²) in [6.07, 6.45) is 0.512. The average Bonchev–Trinajstić information content (AvgIpc) is 3.07. The van der Waals surface area contributed by atoms with Crippen molar-refractivity contribution in [2.45, 2.75) is 39.4 Å². The summed E-state index contributed by atoms with van der Waals surface area (Å²) in [4.78, 5) is 14.1. The molecule has 1 saturated heterocycles. The molecule has 2 heterocycles. The van der Waals surface area contributed by atoms with Crippen molar-refractivity contribution < 1.29 is 9.90 Å². The number of aromatic nitrogens is 2. The van der Waals surface area contributed by atoms with Crippen LogP contribution in [0.2, 0.25) is 0 Å². The Kier molecular flexibility index (Phi) is 4.97. The smallest absolute Gasteiger partial charge is 0.228 e. The highest BCUT2D eigenvalue weighted by Crippen LogP contribution is 2.21. The van der Waals surface area contributed by atoms with Crippen LogP contribution < -0.4 is 10.2 Å².